The molecule has 0 fully saturated rings. The number of hydrogen-bond donors (Lipinski definition) is 1. The van der Waals surface area contributed by atoms with Crippen molar-refractivity contribution >= 4 is 46.0 Å². The summed E-state index contributed by atoms with van der Waals surface area (Å²) in [4.78, 5) is 0. The molecular weight excluding hydrogens is 278 g/mol. The van der Waals surface area contributed by atoms with E-state index in [1.54, 1.807) is 24.9 Å². The number of methoxy groups -OCH3 is 1. The van der Waals surface area contributed by atoms with Crippen molar-refractivity contribution in [1.82, 2.24) is 9.78 Å². The highest BCUT2D eigenvalue weighted by Crippen LogP contribution is 2.29. The smallest absolute Gasteiger partial charge is 0.209 e. The van der Waals surface area contributed by atoms with Gasteiger partial charge in [0.2, 0.25) is 5.13 Å². The summed E-state index contributed by atoms with van der Waals surface area (Å²) in [7, 11) is 3.41. The first kappa shape index (κ1) is 12.3. The van der Waals surface area contributed by atoms with Gasteiger partial charge < -0.3 is 10.1 Å². The molecule has 7 heteroatoms. The third-order valence-corrected chi connectivity index (χ3v) is 3.75. The molecule has 0 unspecified atom stereocenters. The predicted octanol–water partition coefficient (Wildman–Crippen LogP) is 3.62. The minimum Gasteiger partial charge on any atom is -0.497 e. The molecule has 2 aromatic rings. The number of ether oxygens (including phenoxy) is 1. The molecule has 0 spiro atoms. The molecule has 1 aromatic heterocycles. The van der Waals surface area contributed by atoms with E-state index in [0.717, 1.165) is 5.69 Å². The van der Waals surface area contributed by atoms with Gasteiger partial charge in [-0.2, -0.15) is 0 Å². The number of halogens is 1. The monoisotopic (exact) mass is 287 g/mol. The van der Waals surface area contributed by atoms with Gasteiger partial charge in [0.15, 0.2) is 3.95 Å². The highest BCUT2D eigenvalue weighted by atomic mass is 35.5. The first-order valence-corrected chi connectivity index (χ1v) is 6.35. The molecule has 0 radical (unpaired) electrons. The molecule has 0 aliphatic heterocycles. The molecule has 1 heterocycles. The van der Waals surface area contributed by atoms with E-state index in [0.29, 0.717) is 19.9 Å². The van der Waals surface area contributed by atoms with Gasteiger partial charge in [0.1, 0.15) is 5.75 Å². The first-order chi connectivity index (χ1) is 8.10. The van der Waals surface area contributed by atoms with Gasteiger partial charge in [-0.05, 0) is 24.4 Å². The summed E-state index contributed by atoms with van der Waals surface area (Å²) in [6.07, 6.45) is 0. The second-order valence-corrected chi connectivity index (χ2v) is 5.30. The minimum absolute atomic E-state index is 0.577. The Kier molecular flexibility index (Phi) is 3.66. The highest BCUT2D eigenvalue weighted by Gasteiger charge is 2.05. The Morgan fingerprint density at radius 1 is 1.53 bits per heavy atom. The molecule has 1 aromatic carbocycles. The van der Waals surface area contributed by atoms with Crippen LogP contribution in [0.2, 0.25) is 5.02 Å². The summed E-state index contributed by atoms with van der Waals surface area (Å²) in [5.41, 5.74) is 0.775. The van der Waals surface area contributed by atoms with Gasteiger partial charge in [0.05, 0.1) is 17.8 Å². The van der Waals surface area contributed by atoms with Crippen LogP contribution < -0.4 is 10.1 Å². The lowest BCUT2D eigenvalue weighted by Gasteiger charge is -2.06. The molecule has 90 valence electrons. The normalized spacial score (nSPS) is 10.3. The zero-order valence-corrected chi connectivity index (χ0v) is 11.6. The minimum atomic E-state index is 0.577. The van der Waals surface area contributed by atoms with Gasteiger partial charge in [-0.15, -0.1) is 5.10 Å². The molecule has 2 rings (SSSR count). The van der Waals surface area contributed by atoms with E-state index in [9.17, 15) is 0 Å². The average molecular weight is 288 g/mol. The fraction of sp³-hybridized carbons (Fsp3) is 0.200. The molecule has 0 saturated heterocycles. The Hall–Kier alpha value is -1.11. The maximum absolute atomic E-state index is 6.11. The van der Waals surface area contributed by atoms with Gasteiger partial charge in [0.25, 0.3) is 0 Å². The Bertz CT molecular complexity index is 593. The molecule has 0 atom stereocenters. The summed E-state index contributed by atoms with van der Waals surface area (Å²) in [5, 5.41) is 8.63. The van der Waals surface area contributed by atoms with Crippen molar-refractivity contribution in [3.63, 3.8) is 0 Å². The van der Waals surface area contributed by atoms with Crippen LogP contribution in [0, 0.1) is 3.95 Å². The number of anilines is 2. The molecule has 0 saturated carbocycles. The summed E-state index contributed by atoms with van der Waals surface area (Å²) >= 11 is 12.6. The number of nitrogens with zero attached hydrogens (tertiary/aromatic N) is 2. The standard InChI is InChI=1S/C10H10ClN3OS2/c1-14-10(16)17-9(13-14)12-8-4-3-6(15-2)5-7(8)11/h3-5H,1-2H3,(H,12,13). The molecule has 0 aliphatic carbocycles. The number of aryl methyl sites for hydroxylation is 1. The van der Waals surface area contributed by atoms with Crippen LogP contribution in [-0.2, 0) is 7.05 Å². The third kappa shape index (κ3) is 2.77. The van der Waals surface area contributed by atoms with Crippen molar-refractivity contribution in [3.05, 3.63) is 27.2 Å². The average Bonchev–Trinajstić information content (AvgIpc) is 2.61. The summed E-state index contributed by atoms with van der Waals surface area (Å²) < 4.78 is 7.42. The van der Waals surface area contributed by atoms with Crippen LogP contribution in [0.15, 0.2) is 18.2 Å². The van der Waals surface area contributed by atoms with Crippen molar-refractivity contribution in [3.8, 4) is 5.75 Å². The number of nitrogens with one attached hydrogen (secondary N) is 1. The fourth-order valence-corrected chi connectivity index (χ4v) is 2.39. The van der Waals surface area contributed by atoms with E-state index in [2.05, 4.69) is 10.4 Å². The Balaban J connectivity index is 2.27. The van der Waals surface area contributed by atoms with Crippen LogP contribution >= 0.6 is 35.2 Å². The van der Waals surface area contributed by atoms with E-state index in [-0.39, 0.29) is 0 Å². The summed E-state index contributed by atoms with van der Waals surface area (Å²) in [6, 6.07) is 5.41. The van der Waals surface area contributed by atoms with Gasteiger partial charge in [0, 0.05) is 13.1 Å². The van der Waals surface area contributed by atoms with Crippen molar-refractivity contribution in [2.75, 3.05) is 12.4 Å². The van der Waals surface area contributed by atoms with Crippen molar-refractivity contribution in [2.45, 2.75) is 0 Å². The zero-order valence-electron chi connectivity index (χ0n) is 9.23. The number of aromatic nitrogens is 2. The first-order valence-electron chi connectivity index (χ1n) is 4.75. The van der Waals surface area contributed by atoms with Crippen molar-refractivity contribution in [1.29, 1.82) is 0 Å². The predicted molar refractivity (Wildman–Crippen MR) is 73.2 cm³/mol. The van der Waals surface area contributed by atoms with Gasteiger partial charge in [-0.1, -0.05) is 22.9 Å². The molecule has 0 aliphatic rings. The van der Waals surface area contributed by atoms with E-state index in [4.69, 9.17) is 28.6 Å². The molecule has 1 N–H and O–H groups in total. The lowest BCUT2D eigenvalue weighted by Crippen LogP contribution is -1.94. The van der Waals surface area contributed by atoms with Crippen LogP contribution in [0.5, 0.6) is 5.75 Å². The second kappa shape index (κ2) is 5.03. The van der Waals surface area contributed by atoms with Crippen LogP contribution in [-0.4, -0.2) is 16.9 Å². The Morgan fingerprint density at radius 2 is 2.29 bits per heavy atom. The Morgan fingerprint density at radius 3 is 2.82 bits per heavy atom. The maximum Gasteiger partial charge on any atom is 0.209 e. The number of hydrogen-bond acceptors (Lipinski definition) is 5. The number of benzene rings is 1. The van der Waals surface area contributed by atoms with E-state index < -0.39 is 0 Å². The summed E-state index contributed by atoms with van der Waals surface area (Å²) in [5.74, 6) is 0.717. The zero-order chi connectivity index (χ0) is 12.4. The van der Waals surface area contributed by atoms with Crippen molar-refractivity contribution < 1.29 is 4.74 Å². The fourth-order valence-electron chi connectivity index (χ4n) is 1.24. The van der Waals surface area contributed by atoms with E-state index in [1.807, 2.05) is 12.1 Å². The second-order valence-electron chi connectivity index (χ2n) is 3.27. The quantitative estimate of drug-likeness (QED) is 0.875. The molecule has 4 nitrogen and oxygen atoms in total. The van der Waals surface area contributed by atoms with Gasteiger partial charge in [-0.25, -0.2) is 4.68 Å². The lowest BCUT2D eigenvalue weighted by atomic mass is 10.3. The molecule has 0 bridgehead atoms. The lowest BCUT2D eigenvalue weighted by molar-refractivity contribution is 0.415. The van der Waals surface area contributed by atoms with Crippen molar-refractivity contribution in [2.24, 2.45) is 7.05 Å². The van der Waals surface area contributed by atoms with Crippen LogP contribution in [0.25, 0.3) is 0 Å². The molecule has 17 heavy (non-hydrogen) atoms. The van der Waals surface area contributed by atoms with Crippen LogP contribution in [0.3, 0.4) is 0 Å². The molecule has 0 amide bonds. The largest absolute Gasteiger partial charge is 0.497 e. The van der Waals surface area contributed by atoms with E-state index in [1.165, 1.54) is 11.3 Å². The van der Waals surface area contributed by atoms with Crippen LogP contribution in [0.1, 0.15) is 0 Å². The third-order valence-electron chi connectivity index (χ3n) is 2.11. The highest BCUT2D eigenvalue weighted by molar-refractivity contribution is 7.73. The SMILES string of the molecule is COc1ccc(Nc2nn(C)c(=S)s2)c(Cl)c1. The summed E-state index contributed by atoms with van der Waals surface area (Å²) in [6.45, 7) is 0. The Labute approximate surface area is 113 Å². The van der Waals surface area contributed by atoms with Gasteiger partial charge in [-0.3, -0.25) is 0 Å². The topological polar surface area (TPSA) is 39.1 Å². The molecular formula is C10H10ClN3OS2. The van der Waals surface area contributed by atoms with E-state index >= 15 is 0 Å². The van der Waals surface area contributed by atoms with Crippen LogP contribution in [0.4, 0.5) is 10.8 Å². The van der Waals surface area contributed by atoms with Gasteiger partial charge >= 0.3 is 0 Å². The maximum atomic E-state index is 6.11. The number of rotatable bonds is 3.